The largest absolute Gasteiger partial charge is 0.309 e. The van der Waals surface area contributed by atoms with Crippen LogP contribution < -0.4 is 0 Å². The minimum Gasteiger partial charge on any atom is -0.309 e. The molecular formula is C51H36N2. The monoisotopic (exact) mass is 676 g/mol. The summed E-state index contributed by atoms with van der Waals surface area (Å²) in [5, 5.41) is 5.04. The van der Waals surface area contributed by atoms with Crippen LogP contribution in [0.15, 0.2) is 182 Å². The molecule has 250 valence electrons. The van der Waals surface area contributed by atoms with Gasteiger partial charge in [0.25, 0.3) is 0 Å². The van der Waals surface area contributed by atoms with Crippen LogP contribution in [-0.4, -0.2) is 9.13 Å². The molecule has 0 saturated carbocycles. The van der Waals surface area contributed by atoms with Crippen LogP contribution in [0.1, 0.15) is 25.0 Å². The topological polar surface area (TPSA) is 9.86 Å². The van der Waals surface area contributed by atoms with Gasteiger partial charge >= 0.3 is 0 Å². The van der Waals surface area contributed by atoms with Gasteiger partial charge in [0.05, 0.1) is 22.1 Å². The highest BCUT2D eigenvalue weighted by Crippen LogP contribution is 2.49. The van der Waals surface area contributed by atoms with E-state index in [-0.39, 0.29) is 5.41 Å². The first-order valence-corrected chi connectivity index (χ1v) is 18.5. The Morgan fingerprint density at radius 2 is 0.811 bits per heavy atom. The first-order chi connectivity index (χ1) is 26.0. The normalized spacial score (nSPS) is 13.2. The minimum absolute atomic E-state index is 0.0341. The van der Waals surface area contributed by atoms with Crippen LogP contribution in [0.25, 0.3) is 88.4 Å². The Hall–Kier alpha value is -6.64. The Labute approximate surface area is 308 Å². The molecule has 2 heterocycles. The quantitative estimate of drug-likeness (QED) is 0.176. The van der Waals surface area contributed by atoms with Crippen molar-refractivity contribution in [3.05, 3.63) is 193 Å². The Morgan fingerprint density at radius 1 is 0.321 bits per heavy atom. The van der Waals surface area contributed by atoms with E-state index in [1.54, 1.807) is 0 Å². The fourth-order valence-corrected chi connectivity index (χ4v) is 9.15. The number of rotatable bonds is 4. The maximum Gasteiger partial charge on any atom is 0.0541 e. The second kappa shape index (κ2) is 11.2. The van der Waals surface area contributed by atoms with Gasteiger partial charge in [-0.2, -0.15) is 0 Å². The Morgan fingerprint density at radius 3 is 1.51 bits per heavy atom. The van der Waals surface area contributed by atoms with Gasteiger partial charge in [-0.25, -0.2) is 0 Å². The first-order valence-electron chi connectivity index (χ1n) is 18.5. The van der Waals surface area contributed by atoms with Crippen LogP contribution in [0.5, 0.6) is 0 Å². The van der Waals surface area contributed by atoms with E-state index in [1.165, 1.54) is 99.5 Å². The molecule has 53 heavy (non-hydrogen) atoms. The van der Waals surface area contributed by atoms with Crippen molar-refractivity contribution in [3.8, 4) is 44.8 Å². The molecule has 2 nitrogen and oxygen atoms in total. The second-order valence-corrected chi connectivity index (χ2v) is 15.0. The fourth-order valence-electron chi connectivity index (χ4n) is 9.15. The van der Waals surface area contributed by atoms with E-state index in [4.69, 9.17) is 0 Å². The molecule has 0 N–H and O–H groups in total. The minimum atomic E-state index is -0.0341. The Balaban J connectivity index is 1.04. The summed E-state index contributed by atoms with van der Waals surface area (Å²) in [6, 6.07) is 67.1. The van der Waals surface area contributed by atoms with Crippen molar-refractivity contribution in [3.63, 3.8) is 0 Å². The van der Waals surface area contributed by atoms with Gasteiger partial charge < -0.3 is 9.13 Å². The maximum absolute atomic E-state index is 2.43. The molecule has 2 heteroatoms. The third kappa shape index (κ3) is 4.39. The van der Waals surface area contributed by atoms with E-state index in [2.05, 4.69) is 205 Å². The van der Waals surface area contributed by atoms with Crippen LogP contribution in [-0.2, 0) is 5.41 Å². The molecule has 1 aliphatic rings. The lowest BCUT2D eigenvalue weighted by Gasteiger charge is -2.22. The predicted molar refractivity (Wildman–Crippen MR) is 224 cm³/mol. The third-order valence-electron chi connectivity index (χ3n) is 11.7. The SMILES string of the molecule is CC1(C)c2ccccc2-c2ccc(-c3cccc(-n4c5ccccc5c5cc(-c6ccc7c(c6)c6ccccc6n7-c6ccccc6)ccc54)c3)cc21. The van der Waals surface area contributed by atoms with Gasteiger partial charge in [0.15, 0.2) is 0 Å². The van der Waals surface area contributed by atoms with Crippen molar-refractivity contribution in [2.45, 2.75) is 19.3 Å². The Kier molecular flexibility index (Phi) is 6.33. The van der Waals surface area contributed by atoms with Crippen molar-refractivity contribution in [1.82, 2.24) is 9.13 Å². The van der Waals surface area contributed by atoms with E-state index >= 15 is 0 Å². The van der Waals surface area contributed by atoms with E-state index in [1.807, 2.05) is 0 Å². The lowest BCUT2D eigenvalue weighted by atomic mass is 9.81. The van der Waals surface area contributed by atoms with Crippen LogP contribution in [0.2, 0.25) is 0 Å². The smallest absolute Gasteiger partial charge is 0.0541 e. The van der Waals surface area contributed by atoms with E-state index in [0.29, 0.717) is 0 Å². The van der Waals surface area contributed by atoms with E-state index < -0.39 is 0 Å². The average Bonchev–Trinajstić information content (AvgIpc) is 3.81. The molecule has 0 atom stereocenters. The van der Waals surface area contributed by atoms with Crippen LogP contribution in [0, 0.1) is 0 Å². The Bertz CT molecular complexity index is 3080. The summed E-state index contributed by atoms with van der Waals surface area (Å²) in [6.45, 7) is 4.70. The van der Waals surface area contributed by atoms with Gasteiger partial charge in [-0.05, 0) is 111 Å². The molecule has 0 aliphatic heterocycles. The number of hydrogen-bond acceptors (Lipinski definition) is 0. The molecule has 0 saturated heterocycles. The molecule has 0 amide bonds. The maximum atomic E-state index is 2.43. The van der Waals surface area contributed by atoms with E-state index in [9.17, 15) is 0 Å². The number of benzene rings is 8. The van der Waals surface area contributed by atoms with Crippen molar-refractivity contribution in [2.75, 3.05) is 0 Å². The number of hydrogen-bond donors (Lipinski definition) is 0. The molecule has 0 unspecified atom stereocenters. The van der Waals surface area contributed by atoms with Gasteiger partial charge in [0, 0.05) is 38.3 Å². The predicted octanol–water partition coefficient (Wildman–Crippen LogP) is 13.5. The highest BCUT2D eigenvalue weighted by Gasteiger charge is 2.35. The van der Waals surface area contributed by atoms with Crippen LogP contribution in [0.3, 0.4) is 0 Å². The summed E-state index contributed by atoms with van der Waals surface area (Å²) in [7, 11) is 0. The van der Waals surface area contributed by atoms with Crippen molar-refractivity contribution in [2.24, 2.45) is 0 Å². The third-order valence-corrected chi connectivity index (χ3v) is 11.7. The summed E-state index contributed by atoms with van der Waals surface area (Å²) in [4.78, 5) is 0. The molecule has 0 fully saturated rings. The van der Waals surface area contributed by atoms with Gasteiger partial charge in [0.1, 0.15) is 0 Å². The van der Waals surface area contributed by atoms with Crippen molar-refractivity contribution in [1.29, 1.82) is 0 Å². The zero-order chi connectivity index (χ0) is 35.3. The lowest BCUT2D eigenvalue weighted by Crippen LogP contribution is -2.14. The molecule has 10 aromatic rings. The summed E-state index contributed by atoms with van der Waals surface area (Å²) in [6.07, 6.45) is 0. The number of para-hydroxylation sites is 3. The molecule has 2 aromatic heterocycles. The van der Waals surface area contributed by atoms with Gasteiger partial charge in [-0.1, -0.05) is 129 Å². The standard InChI is InChI=1S/C51H36N2/c1-51(2)45-20-9-6-17-39(45)40-26-23-36(32-46(40)51)33-13-12-16-38(29-33)53-48-22-11-8-19-42(48)44-31-35(25-28-50(44)53)34-24-27-49-43(30-34)41-18-7-10-21-47(41)52(49)37-14-4-3-5-15-37/h3-32H,1-2H3. The average molecular weight is 677 g/mol. The molecule has 0 radical (unpaired) electrons. The molecule has 0 spiro atoms. The highest BCUT2D eigenvalue weighted by molar-refractivity contribution is 6.12. The van der Waals surface area contributed by atoms with Crippen molar-refractivity contribution >= 4 is 43.6 Å². The highest BCUT2D eigenvalue weighted by atomic mass is 15.0. The summed E-state index contributed by atoms with van der Waals surface area (Å²) < 4.78 is 4.81. The van der Waals surface area contributed by atoms with Gasteiger partial charge in [-0.15, -0.1) is 0 Å². The van der Waals surface area contributed by atoms with Gasteiger partial charge in [-0.3, -0.25) is 0 Å². The molecule has 0 bridgehead atoms. The summed E-state index contributed by atoms with van der Waals surface area (Å²) >= 11 is 0. The van der Waals surface area contributed by atoms with Gasteiger partial charge in [0.2, 0.25) is 0 Å². The number of nitrogens with zero attached hydrogens (tertiary/aromatic N) is 2. The molecule has 1 aliphatic carbocycles. The zero-order valence-corrected chi connectivity index (χ0v) is 29.7. The second-order valence-electron chi connectivity index (χ2n) is 15.0. The van der Waals surface area contributed by atoms with E-state index in [0.717, 1.165) is 0 Å². The molecule has 8 aromatic carbocycles. The zero-order valence-electron chi connectivity index (χ0n) is 29.7. The molecular weight excluding hydrogens is 641 g/mol. The summed E-state index contributed by atoms with van der Waals surface area (Å²) in [5.74, 6) is 0. The lowest BCUT2D eigenvalue weighted by molar-refractivity contribution is 0.660. The summed E-state index contributed by atoms with van der Waals surface area (Å²) in [5.41, 5.74) is 17.6. The van der Waals surface area contributed by atoms with Crippen molar-refractivity contribution < 1.29 is 0 Å². The number of fused-ring (bicyclic) bond motifs is 9. The fraction of sp³-hybridized carbons (Fsp3) is 0.0588. The number of aromatic nitrogens is 2. The van der Waals surface area contributed by atoms with Crippen LogP contribution in [0.4, 0.5) is 0 Å². The van der Waals surface area contributed by atoms with Crippen LogP contribution >= 0.6 is 0 Å². The first kappa shape index (κ1) is 30.0. The molecule has 11 rings (SSSR count).